The summed E-state index contributed by atoms with van der Waals surface area (Å²) < 4.78 is 15.9. The molecule has 0 spiro atoms. The van der Waals surface area contributed by atoms with Crippen LogP contribution in [-0.2, 0) is 11.2 Å². The van der Waals surface area contributed by atoms with Crippen molar-refractivity contribution in [2.75, 3.05) is 26.6 Å². The minimum Gasteiger partial charge on any atom is -0.493 e. The molecule has 1 aliphatic rings. The molecule has 8 heteroatoms. The maximum Gasteiger partial charge on any atom is 0.250 e. The van der Waals surface area contributed by atoms with Crippen molar-refractivity contribution >= 4 is 34.2 Å². The molecular weight excluding hydrogens is 392 g/mol. The van der Waals surface area contributed by atoms with Gasteiger partial charge in [-0.15, -0.1) is 0 Å². The first-order chi connectivity index (χ1) is 13.8. The lowest BCUT2D eigenvalue weighted by Gasteiger charge is -2.26. The molecule has 29 heavy (non-hydrogen) atoms. The third-order valence-corrected chi connectivity index (χ3v) is 5.63. The number of aromatic nitrogens is 1. The number of amides is 1. The van der Waals surface area contributed by atoms with Crippen molar-refractivity contribution in [1.82, 2.24) is 4.98 Å². The van der Waals surface area contributed by atoms with Crippen LogP contribution in [0.5, 0.6) is 17.2 Å². The van der Waals surface area contributed by atoms with Gasteiger partial charge in [0.25, 0.3) is 0 Å². The molecule has 1 heterocycles. The summed E-state index contributed by atoms with van der Waals surface area (Å²) in [6.07, 6.45) is 4.26. The lowest BCUT2D eigenvalue weighted by molar-refractivity contribution is -0.111. The number of ketones is 1. The average molecular weight is 416 g/mol. The van der Waals surface area contributed by atoms with Crippen LogP contribution in [0.4, 0.5) is 5.13 Å². The Bertz CT molecular complexity index is 952. The fraction of sp³-hybridized carbons (Fsp3) is 0.381. The van der Waals surface area contributed by atoms with E-state index in [4.69, 9.17) is 14.2 Å². The van der Waals surface area contributed by atoms with E-state index in [2.05, 4.69) is 10.3 Å². The summed E-state index contributed by atoms with van der Waals surface area (Å²) in [7, 11) is 4.59. The number of hydrogen-bond acceptors (Lipinski definition) is 7. The standard InChI is InChI=1S/C21H24N2O5S/c1-21(2)10-13-19(14(24)11-21)29-20(22-13)23-17(25)7-6-12-8-15(26-3)18(28-5)16(9-12)27-4/h6-9H,10-11H2,1-5H3,(H,22,23,25)/b7-6+. The fourth-order valence-electron chi connectivity index (χ4n) is 3.29. The Balaban J connectivity index is 1.75. The number of ether oxygens (including phenoxy) is 3. The van der Waals surface area contributed by atoms with Crippen LogP contribution in [0.1, 0.15) is 41.2 Å². The summed E-state index contributed by atoms with van der Waals surface area (Å²) in [5.74, 6) is 1.23. The maximum absolute atomic E-state index is 12.3. The number of fused-ring (bicyclic) bond motifs is 1. The summed E-state index contributed by atoms with van der Waals surface area (Å²) in [5.41, 5.74) is 1.37. The predicted molar refractivity (Wildman–Crippen MR) is 112 cm³/mol. The van der Waals surface area contributed by atoms with Gasteiger partial charge in [-0.2, -0.15) is 0 Å². The van der Waals surface area contributed by atoms with Crippen LogP contribution in [0.15, 0.2) is 18.2 Å². The van der Waals surface area contributed by atoms with Crippen LogP contribution in [0.3, 0.4) is 0 Å². The summed E-state index contributed by atoms with van der Waals surface area (Å²) in [6, 6.07) is 3.49. The summed E-state index contributed by atoms with van der Waals surface area (Å²) in [5, 5.41) is 3.17. The molecule has 154 valence electrons. The van der Waals surface area contributed by atoms with Crippen LogP contribution in [-0.4, -0.2) is 38.0 Å². The number of methoxy groups -OCH3 is 3. The van der Waals surface area contributed by atoms with Crippen LogP contribution in [0, 0.1) is 5.41 Å². The van der Waals surface area contributed by atoms with Crippen LogP contribution in [0.2, 0.25) is 0 Å². The molecule has 0 unspecified atom stereocenters. The molecule has 7 nitrogen and oxygen atoms in total. The number of hydrogen-bond donors (Lipinski definition) is 1. The monoisotopic (exact) mass is 416 g/mol. The van der Waals surface area contributed by atoms with Gasteiger partial charge in [-0.05, 0) is 35.6 Å². The molecule has 0 fully saturated rings. The van der Waals surface area contributed by atoms with Gasteiger partial charge in [-0.25, -0.2) is 4.98 Å². The number of Topliss-reactive ketones (excluding diaryl/α,β-unsaturated/α-hetero) is 1. The zero-order chi connectivity index (χ0) is 21.2. The summed E-state index contributed by atoms with van der Waals surface area (Å²) in [4.78, 5) is 29.7. The highest BCUT2D eigenvalue weighted by Crippen LogP contribution is 2.39. The molecule has 1 N–H and O–H groups in total. The molecule has 0 saturated carbocycles. The van der Waals surface area contributed by atoms with Crippen molar-refractivity contribution < 1.29 is 23.8 Å². The number of thiazole rings is 1. The third-order valence-electron chi connectivity index (χ3n) is 4.58. The molecule has 1 aromatic heterocycles. The third kappa shape index (κ3) is 4.59. The van der Waals surface area contributed by atoms with E-state index in [1.165, 1.54) is 38.7 Å². The molecule has 0 aliphatic heterocycles. The predicted octanol–water partition coefficient (Wildman–Crippen LogP) is 3.98. The van der Waals surface area contributed by atoms with Gasteiger partial charge >= 0.3 is 0 Å². The lowest BCUT2D eigenvalue weighted by atomic mass is 9.78. The number of benzene rings is 1. The van der Waals surface area contributed by atoms with Crippen molar-refractivity contribution in [1.29, 1.82) is 0 Å². The number of nitrogens with one attached hydrogen (secondary N) is 1. The molecular formula is C21H24N2O5S. The minimum atomic E-state index is -0.337. The second-order valence-electron chi connectivity index (χ2n) is 7.52. The smallest absolute Gasteiger partial charge is 0.250 e. The maximum atomic E-state index is 12.3. The highest BCUT2D eigenvalue weighted by Gasteiger charge is 2.34. The second kappa shape index (κ2) is 8.24. The Hall–Kier alpha value is -2.87. The molecule has 3 rings (SSSR count). The largest absolute Gasteiger partial charge is 0.493 e. The van der Waals surface area contributed by atoms with E-state index >= 15 is 0 Å². The first-order valence-electron chi connectivity index (χ1n) is 9.08. The Kier molecular flexibility index (Phi) is 5.93. The van der Waals surface area contributed by atoms with E-state index in [0.29, 0.717) is 39.2 Å². The molecule has 2 aromatic rings. The molecule has 1 aliphatic carbocycles. The number of anilines is 1. The Morgan fingerprint density at radius 1 is 1.14 bits per heavy atom. The normalized spacial score (nSPS) is 15.1. The topological polar surface area (TPSA) is 86.8 Å². The average Bonchev–Trinajstić information content (AvgIpc) is 3.06. The Morgan fingerprint density at radius 3 is 2.38 bits per heavy atom. The van der Waals surface area contributed by atoms with E-state index < -0.39 is 0 Å². The van der Waals surface area contributed by atoms with Crippen LogP contribution in [0.25, 0.3) is 6.08 Å². The zero-order valence-electron chi connectivity index (χ0n) is 17.1. The van der Waals surface area contributed by atoms with Gasteiger partial charge < -0.3 is 14.2 Å². The highest BCUT2D eigenvalue weighted by atomic mass is 32.1. The quantitative estimate of drug-likeness (QED) is 0.717. The fourth-order valence-corrected chi connectivity index (χ4v) is 4.21. The summed E-state index contributed by atoms with van der Waals surface area (Å²) in [6.45, 7) is 4.09. The molecule has 0 bridgehead atoms. The molecule has 0 atom stereocenters. The van der Waals surface area contributed by atoms with Gasteiger partial charge in [0.15, 0.2) is 22.4 Å². The van der Waals surface area contributed by atoms with Gasteiger partial charge in [0.05, 0.1) is 31.9 Å². The van der Waals surface area contributed by atoms with Crippen molar-refractivity contribution in [2.24, 2.45) is 5.41 Å². The van der Waals surface area contributed by atoms with E-state index in [-0.39, 0.29) is 17.1 Å². The van der Waals surface area contributed by atoms with Gasteiger partial charge in [-0.3, -0.25) is 14.9 Å². The molecule has 1 amide bonds. The van der Waals surface area contributed by atoms with Crippen LogP contribution < -0.4 is 19.5 Å². The van der Waals surface area contributed by atoms with Crippen molar-refractivity contribution in [2.45, 2.75) is 26.7 Å². The number of carbonyl (C=O) groups is 2. The van der Waals surface area contributed by atoms with Gasteiger partial charge in [0.1, 0.15) is 0 Å². The molecule has 0 radical (unpaired) electrons. The number of carbonyl (C=O) groups excluding carboxylic acids is 2. The first-order valence-corrected chi connectivity index (χ1v) is 9.90. The van der Waals surface area contributed by atoms with E-state index in [0.717, 1.165) is 12.1 Å². The Labute approximate surface area is 173 Å². The zero-order valence-corrected chi connectivity index (χ0v) is 17.9. The minimum absolute atomic E-state index is 0.0854. The van der Waals surface area contributed by atoms with Gasteiger partial charge in [-0.1, -0.05) is 25.2 Å². The van der Waals surface area contributed by atoms with Crippen molar-refractivity contribution in [3.63, 3.8) is 0 Å². The van der Waals surface area contributed by atoms with Gasteiger partial charge in [0, 0.05) is 12.5 Å². The molecule has 1 aromatic carbocycles. The lowest BCUT2D eigenvalue weighted by Crippen LogP contribution is -2.26. The number of nitrogens with zero attached hydrogens (tertiary/aromatic N) is 1. The molecule has 0 saturated heterocycles. The van der Waals surface area contributed by atoms with Crippen molar-refractivity contribution in [3.8, 4) is 17.2 Å². The summed E-state index contributed by atoms with van der Waals surface area (Å²) >= 11 is 1.23. The highest BCUT2D eigenvalue weighted by molar-refractivity contribution is 7.17. The van der Waals surface area contributed by atoms with Gasteiger partial charge in [0.2, 0.25) is 11.7 Å². The Morgan fingerprint density at radius 2 is 1.79 bits per heavy atom. The van der Waals surface area contributed by atoms with E-state index in [9.17, 15) is 9.59 Å². The van der Waals surface area contributed by atoms with E-state index in [1.807, 2.05) is 13.8 Å². The second-order valence-corrected chi connectivity index (χ2v) is 8.52. The SMILES string of the molecule is COc1cc(/C=C/C(=O)Nc2nc3c(s2)C(=O)CC(C)(C)C3)cc(OC)c1OC. The van der Waals surface area contributed by atoms with Crippen molar-refractivity contribution in [3.05, 3.63) is 34.3 Å². The number of rotatable bonds is 6. The first kappa shape index (κ1) is 20.9. The van der Waals surface area contributed by atoms with E-state index in [1.54, 1.807) is 18.2 Å². The van der Waals surface area contributed by atoms with Crippen LogP contribution >= 0.6 is 11.3 Å².